The predicted octanol–water partition coefficient (Wildman–Crippen LogP) is 5.17. The molecule has 0 atom stereocenters. The molecule has 0 fully saturated rings. The highest BCUT2D eigenvalue weighted by Gasteiger charge is 2.30. The van der Waals surface area contributed by atoms with Crippen LogP contribution in [0.1, 0.15) is 75.8 Å². The molecule has 188 valence electrons. The summed E-state index contributed by atoms with van der Waals surface area (Å²) in [5.74, 6) is 0.241. The third-order valence-electron chi connectivity index (χ3n) is 5.64. The molecule has 0 radical (unpaired) electrons. The van der Waals surface area contributed by atoms with E-state index in [-0.39, 0.29) is 22.6 Å². The second kappa shape index (κ2) is 9.83. The van der Waals surface area contributed by atoms with Crippen LogP contribution in [-0.2, 0) is 15.6 Å². The molecule has 0 saturated heterocycles. The van der Waals surface area contributed by atoms with E-state index in [1.54, 1.807) is 24.3 Å². The molecule has 0 saturated carbocycles. The Morgan fingerprint density at radius 2 is 1.54 bits per heavy atom. The molecule has 0 aliphatic heterocycles. The number of rotatable bonds is 7. The van der Waals surface area contributed by atoms with Gasteiger partial charge in [-0.3, -0.25) is 0 Å². The van der Waals surface area contributed by atoms with Gasteiger partial charge in [-0.1, -0.05) is 63.6 Å². The van der Waals surface area contributed by atoms with Gasteiger partial charge in [0.2, 0.25) is 0 Å². The monoisotopic (exact) mass is 498 g/mol. The third-order valence-corrected chi connectivity index (χ3v) is 6.85. The SMILES string of the molecule is Cc1cc(C(C)C)c(NC(=O)NS(=O)(=O)c2cc(C(C)(C)O)n(-c3ccccc3)n2)c(C(C)C)c1. The number of aromatic nitrogens is 2. The van der Waals surface area contributed by atoms with Crippen LogP contribution >= 0.6 is 0 Å². The lowest BCUT2D eigenvalue weighted by molar-refractivity contribution is 0.0711. The molecular weight excluding hydrogens is 464 g/mol. The Kier molecular flexibility index (Phi) is 7.42. The highest BCUT2D eigenvalue weighted by molar-refractivity contribution is 7.90. The van der Waals surface area contributed by atoms with Gasteiger partial charge < -0.3 is 10.4 Å². The van der Waals surface area contributed by atoms with Gasteiger partial charge in [-0.05, 0) is 55.9 Å². The van der Waals surface area contributed by atoms with Crippen molar-refractivity contribution >= 4 is 21.7 Å². The molecule has 3 aromatic rings. The summed E-state index contributed by atoms with van der Waals surface area (Å²) in [5, 5.41) is 17.2. The van der Waals surface area contributed by atoms with Gasteiger partial charge >= 0.3 is 6.03 Å². The second-order valence-corrected chi connectivity index (χ2v) is 11.5. The van der Waals surface area contributed by atoms with Crippen LogP contribution in [-0.4, -0.2) is 29.3 Å². The Bertz CT molecular complexity index is 1290. The molecule has 0 spiro atoms. The Morgan fingerprint density at radius 3 is 2.03 bits per heavy atom. The fourth-order valence-corrected chi connectivity index (χ4v) is 4.76. The molecule has 3 N–H and O–H groups in total. The van der Waals surface area contributed by atoms with Gasteiger partial charge in [0.15, 0.2) is 5.03 Å². The average Bonchev–Trinajstić information content (AvgIpc) is 3.22. The topological polar surface area (TPSA) is 113 Å². The first-order chi connectivity index (χ1) is 16.2. The van der Waals surface area contributed by atoms with Crippen LogP contribution in [0.4, 0.5) is 10.5 Å². The van der Waals surface area contributed by atoms with E-state index in [4.69, 9.17) is 0 Å². The van der Waals surface area contributed by atoms with Crippen LogP contribution in [0.2, 0.25) is 0 Å². The number of para-hydroxylation sites is 1. The maximum Gasteiger partial charge on any atom is 0.333 e. The zero-order chi connectivity index (χ0) is 26.1. The summed E-state index contributed by atoms with van der Waals surface area (Å²) in [4.78, 5) is 12.9. The van der Waals surface area contributed by atoms with Crippen molar-refractivity contribution in [2.75, 3.05) is 5.32 Å². The van der Waals surface area contributed by atoms with E-state index in [0.717, 1.165) is 16.7 Å². The Morgan fingerprint density at radius 1 is 1.00 bits per heavy atom. The lowest BCUT2D eigenvalue weighted by Gasteiger charge is -2.21. The van der Waals surface area contributed by atoms with Crippen molar-refractivity contribution in [3.63, 3.8) is 0 Å². The number of amides is 2. The first-order valence-electron chi connectivity index (χ1n) is 11.6. The van der Waals surface area contributed by atoms with E-state index in [0.29, 0.717) is 11.4 Å². The van der Waals surface area contributed by atoms with E-state index in [1.807, 2.05) is 52.8 Å². The van der Waals surface area contributed by atoms with Crippen LogP contribution in [0, 0.1) is 6.92 Å². The van der Waals surface area contributed by atoms with Crippen molar-refractivity contribution in [2.45, 2.75) is 70.9 Å². The summed E-state index contributed by atoms with van der Waals surface area (Å²) in [6.45, 7) is 13.2. The van der Waals surface area contributed by atoms with Crippen molar-refractivity contribution in [2.24, 2.45) is 0 Å². The standard InChI is InChI=1S/C26H34N4O4S/c1-16(2)20-13-18(5)14-21(17(3)4)24(20)27-25(31)29-35(33,34)23-15-22(26(6,7)32)30(28-23)19-11-9-8-10-12-19/h8-17,32H,1-7H3,(H2,27,29,31). The summed E-state index contributed by atoms with van der Waals surface area (Å²) >= 11 is 0. The van der Waals surface area contributed by atoms with Crippen molar-refractivity contribution in [1.29, 1.82) is 0 Å². The number of carbonyl (C=O) groups is 1. The number of carbonyl (C=O) groups excluding carboxylic acids is 1. The Balaban J connectivity index is 1.97. The van der Waals surface area contributed by atoms with Crippen LogP contribution in [0.3, 0.4) is 0 Å². The summed E-state index contributed by atoms with van der Waals surface area (Å²) in [7, 11) is -4.33. The number of urea groups is 1. The van der Waals surface area contributed by atoms with E-state index >= 15 is 0 Å². The van der Waals surface area contributed by atoms with E-state index in [1.165, 1.54) is 24.6 Å². The summed E-state index contributed by atoms with van der Waals surface area (Å²) in [6.07, 6.45) is 0. The number of hydrogen-bond acceptors (Lipinski definition) is 5. The molecule has 9 heteroatoms. The lowest BCUT2D eigenvalue weighted by atomic mass is 9.90. The molecular formula is C26H34N4O4S. The largest absolute Gasteiger partial charge is 0.384 e. The fraction of sp³-hybridized carbons (Fsp3) is 0.385. The number of anilines is 1. The molecule has 0 unspecified atom stereocenters. The number of aliphatic hydroxyl groups is 1. The first-order valence-corrected chi connectivity index (χ1v) is 13.1. The fourth-order valence-electron chi connectivity index (χ4n) is 3.90. The highest BCUT2D eigenvalue weighted by atomic mass is 32.2. The molecule has 0 bridgehead atoms. The van der Waals surface area contributed by atoms with Crippen LogP contribution in [0.5, 0.6) is 0 Å². The van der Waals surface area contributed by atoms with Crippen molar-refractivity contribution in [1.82, 2.24) is 14.5 Å². The minimum absolute atomic E-state index is 0.121. The summed E-state index contributed by atoms with van der Waals surface area (Å²) in [5.41, 5.74) is 3.02. The van der Waals surface area contributed by atoms with Crippen molar-refractivity contribution < 1.29 is 18.3 Å². The van der Waals surface area contributed by atoms with E-state index in [9.17, 15) is 18.3 Å². The lowest BCUT2D eigenvalue weighted by Crippen LogP contribution is -2.35. The van der Waals surface area contributed by atoms with Crippen molar-refractivity contribution in [3.05, 3.63) is 70.9 Å². The van der Waals surface area contributed by atoms with E-state index < -0.39 is 21.7 Å². The first kappa shape index (κ1) is 26.4. The second-order valence-electron chi connectivity index (χ2n) is 9.86. The van der Waals surface area contributed by atoms with E-state index in [2.05, 4.69) is 15.1 Å². The zero-order valence-corrected chi connectivity index (χ0v) is 22.1. The molecule has 1 heterocycles. The molecule has 1 aromatic heterocycles. The molecule has 3 rings (SSSR count). The third kappa shape index (κ3) is 5.91. The van der Waals surface area contributed by atoms with Crippen LogP contribution in [0.15, 0.2) is 53.6 Å². The van der Waals surface area contributed by atoms with Gasteiger partial charge in [-0.15, -0.1) is 0 Å². The number of nitrogens with zero attached hydrogens (tertiary/aromatic N) is 2. The van der Waals surface area contributed by atoms with Gasteiger partial charge in [0.05, 0.1) is 11.4 Å². The number of sulfonamides is 1. The van der Waals surface area contributed by atoms with Gasteiger partial charge in [-0.2, -0.15) is 13.5 Å². The molecule has 2 aromatic carbocycles. The molecule has 0 aliphatic rings. The van der Waals surface area contributed by atoms with Gasteiger partial charge in [0.1, 0.15) is 5.60 Å². The Hall–Kier alpha value is -3.17. The summed E-state index contributed by atoms with van der Waals surface area (Å²) in [6, 6.07) is 13.3. The van der Waals surface area contributed by atoms with Gasteiger partial charge in [0.25, 0.3) is 10.0 Å². The van der Waals surface area contributed by atoms with Crippen molar-refractivity contribution in [3.8, 4) is 5.69 Å². The maximum absolute atomic E-state index is 13.1. The number of hydrogen-bond donors (Lipinski definition) is 3. The zero-order valence-electron chi connectivity index (χ0n) is 21.2. The van der Waals surface area contributed by atoms with Gasteiger partial charge in [0, 0.05) is 11.8 Å². The number of aryl methyl sites for hydroxylation is 1. The quantitative estimate of drug-likeness (QED) is 0.416. The molecule has 35 heavy (non-hydrogen) atoms. The molecule has 2 amide bonds. The average molecular weight is 499 g/mol. The van der Waals surface area contributed by atoms with Gasteiger partial charge in [-0.25, -0.2) is 14.2 Å². The highest BCUT2D eigenvalue weighted by Crippen LogP contribution is 2.34. The maximum atomic E-state index is 13.1. The normalized spacial score (nSPS) is 12.3. The molecule has 8 nitrogen and oxygen atoms in total. The number of benzene rings is 2. The minimum Gasteiger partial charge on any atom is -0.384 e. The Labute approximate surface area is 207 Å². The van der Waals surface area contributed by atoms with Crippen LogP contribution in [0.25, 0.3) is 5.69 Å². The summed E-state index contributed by atoms with van der Waals surface area (Å²) < 4.78 is 29.7. The van der Waals surface area contributed by atoms with Crippen LogP contribution < -0.4 is 10.0 Å². The predicted molar refractivity (Wildman–Crippen MR) is 138 cm³/mol. The smallest absolute Gasteiger partial charge is 0.333 e. The molecule has 0 aliphatic carbocycles. The number of nitrogens with one attached hydrogen (secondary N) is 2. The minimum atomic E-state index is -4.33.